The van der Waals surface area contributed by atoms with Gasteiger partial charge in [0.15, 0.2) is 5.82 Å². The Morgan fingerprint density at radius 2 is 1.76 bits per heavy atom. The molecule has 3 heterocycles. The molecule has 0 atom stereocenters. The largest absolute Gasteiger partial charge is 0.338 e. The molecule has 0 bridgehead atoms. The van der Waals surface area contributed by atoms with Crippen molar-refractivity contribution in [2.75, 3.05) is 43.4 Å². The van der Waals surface area contributed by atoms with E-state index < -0.39 is 0 Å². The van der Waals surface area contributed by atoms with Crippen LogP contribution in [0.1, 0.15) is 12.7 Å². The van der Waals surface area contributed by atoms with Gasteiger partial charge in [-0.15, -0.1) is 0 Å². The maximum absolute atomic E-state index is 4.62. The number of nitrogens with zero attached hydrogens (tertiary/aromatic N) is 7. The average Bonchev–Trinajstić information content (AvgIpc) is 2.76. The summed E-state index contributed by atoms with van der Waals surface area (Å²) < 4.78 is 0. The molecule has 0 radical (unpaired) electrons. The fourth-order valence-electron chi connectivity index (χ4n) is 2.93. The van der Waals surface area contributed by atoms with Gasteiger partial charge in [0, 0.05) is 37.5 Å². The second-order valence-electron chi connectivity index (χ2n) is 6.80. The zero-order valence-electron chi connectivity index (χ0n) is 16.6. The van der Waals surface area contributed by atoms with Gasteiger partial charge in [-0.3, -0.25) is 0 Å². The van der Waals surface area contributed by atoms with Gasteiger partial charge in [0.1, 0.15) is 10.9 Å². The van der Waals surface area contributed by atoms with Crippen molar-refractivity contribution < 1.29 is 0 Å². The van der Waals surface area contributed by atoms with E-state index in [2.05, 4.69) is 59.2 Å². The van der Waals surface area contributed by atoms with E-state index in [4.69, 9.17) is 0 Å². The monoisotopic (exact) mass is 408 g/mol. The van der Waals surface area contributed by atoms with Gasteiger partial charge in [-0.05, 0) is 19.2 Å². The van der Waals surface area contributed by atoms with Crippen LogP contribution in [0, 0.1) is 0 Å². The minimum absolute atomic E-state index is 0.503. The quantitative estimate of drug-likeness (QED) is 0.662. The molecule has 150 valence electrons. The van der Waals surface area contributed by atoms with Crippen LogP contribution in [0.4, 0.5) is 17.7 Å². The highest BCUT2D eigenvalue weighted by molar-refractivity contribution is 7.99. The second-order valence-corrected chi connectivity index (χ2v) is 7.89. The summed E-state index contributed by atoms with van der Waals surface area (Å²) in [5.74, 6) is 2.60. The maximum atomic E-state index is 4.62. The number of likely N-dealkylation sites (N-methyl/N-ethyl adjacent to an activating group) is 1. The summed E-state index contributed by atoms with van der Waals surface area (Å²) in [5, 5.41) is 4.01. The number of rotatable bonds is 6. The molecular weight excluding hydrogens is 384 g/mol. The van der Waals surface area contributed by atoms with Crippen molar-refractivity contribution in [1.82, 2.24) is 29.8 Å². The molecule has 1 aromatic carbocycles. The molecule has 9 heteroatoms. The highest BCUT2D eigenvalue weighted by atomic mass is 32.2. The summed E-state index contributed by atoms with van der Waals surface area (Å²) in [7, 11) is 2.13. The van der Waals surface area contributed by atoms with Gasteiger partial charge in [-0.2, -0.15) is 15.0 Å². The van der Waals surface area contributed by atoms with Gasteiger partial charge < -0.3 is 15.1 Å². The molecule has 2 aromatic heterocycles. The number of anilines is 3. The molecule has 1 N–H and O–H groups in total. The molecule has 29 heavy (non-hydrogen) atoms. The molecule has 0 saturated carbocycles. The summed E-state index contributed by atoms with van der Waals surface area (Å²) in [5.41, 5.74) is 0. The zero-order valence-corrected chi connectivity index (χ0v) is 17.4. The topological polar surface area (TPSA) is 83.0 Å². The van der Waals surface area contributed by atoms with E-state index in [9.17, 15) is 0 Å². The van der Waals surface area contributed by atoms with Gasteiger partial charge in [0.25, 0.3) is 0 Å². The van der Waals surface area contributed by atoms with Gasteiger partial charge >= 0.3 is 0 Å². The van der Waals surface area contributed by atoms with Crippen LogP contribution in [-0.2, 0) is 6.42 Å². The average molecular weight is 409 g/mol. The number of aromatic nitrogens is 5. The van der Waals surface area contributed by atoms with E-state index in [0.717, 1.165) is 54.3 Å². The lowest BCUT2D eigenvalue weighted by Gasteiger charge is -2.32. The smallest absolute Gasteiger partial charge is 0.233 e. The number of aryl methyl sites for hydroxylation is 1. The Hall–Kier alpha value is -2.78. The number of benzene rings is 1. The van der Waals surface area contributed by atoms with Crippen molar-refractivity contribution in [3.05, 3.63) is 48.5 Å². The van der Waals surface area contributed by atoms with Crippen molar-refractivity contribution in [2.45, 2.75) is 23.3 Å². The fraction of sp³-hybridized carbons (Fsp3) is 0.350. The van der Waals surface area contributed by atoms with Gasteiger partial charge in [0.05, 0.1) is 12.4 Å². The van der Waals surface area contributed by atoms with E-state index in [-0.39, 0.29) is 0 Å². The Labute approximate surface area is 174 Å². The molecule has 1 fully saturated rings. The predicted octanol–water partition coefficient (Wildman–Crippen LogP) is 2.87. The van der Waals surface area contributed by atoms with E-state index in [1.54, 1.807) is 24.2 Å². The first kappa shape index (κ1) is 19.5. The lowest BCUT2D eigenvalue weighted by Crippen LogP contribution is -2.45. The van der Waals surface area contributed by atoms with Crippen LogP contribution in [0.25, 0.3) is 0 Å². The second kappa shape index (κ2) is 9.15. The van der Waals surface area contributed by atoms with Crippen molar-refractivity contribution in [3.8, 4) is 0 Å². The van der Waals surface area contributed by atoms with Gasteiger partial charge in [0.2, 0.25) is 11.9 Å². The molecule has 0 spiro atoms. The van der Waals surface area contributed by atoms with Crippen LogP contribution in [0.5, 0.6) is 0 Å². The molecule has 4 rings (SSSR count). The first-order chi connectivity index (χ1) is 14.2. The molecule has 0 aliphatic carbocycles. The molecule has 1 aliphatic heterocycles. The lowest BCUT2D eigenvalue weighted by molar-refractivity contribution is 0.311. The van der Waals surface area contributed by atoms with Crippen molar-refractivity contribution in [2.24, 2.45) is 0 Å². The first-order valence-corrected chi connectivity index (χ1v) is 10.5. The number of piperazine rings is 1. The van der Waals surface area contributed by atoms with E-state index in [1.165, 1.54) is 0 Å². The van der Waals surface area contributed by atoms with Crippen molar-refractivity contribution >= 4 is 29.5 Å². The summed E-state index contributed by atoms with van der Waals surface area (Å²) >= 11 is 1.58. The van der Waals surface area contributed by atoms with Gasteiger partial charge in [-0.1, -0.05) is 36.9 Å². The summed E-state index contributed by atoms with van der Waals surface area (Å²) in [6, 6.07) is 10.1. The maximum Gasteiger partial charge on any atom is 0.233 e. The molecular formula is C20H24N8S. The molecule has 1 aliphatic rings. The summed E-state index contributed by atoms with van der Waals surface area (Å²) in [4.78, 5) is 28.3. The predicted molar refractivity (Wildman–Crippen MR) is 115 cm³/mol. The standard InChI is InChI=1S/C20H24N8S/c1-3-16-23-19(26-20(25-16)28-11-9-27(2)10-12-28)24-17-13-22-18(14-21-17)29-15-7-5-4-6-8-15/h4-8,13-14H,3,9-12H2,1-2H3,(H,21,23,24,25,26). The number of nitrogens with one attached hydrogen (secondary N) is 1. The highest BCUT2D eigenvalue weighted by Gasteiger charge is 2.18. The number of hydrogen-bond donors (Lipinski definition) is 1. The minimum atomic E-state index is 0.503. The molecule has 3 aromatic rings. The first-order valence-electron chi connectivity index (χ1n) is 9.70. The third-order valence-corrected chi connectivity index (χ3v) is 5.53. The Morgan fingerprint density at radius 1 is 0.966 bits per heavy atom. The summed E-state index contributed by atoms with van der Waals surface area (Å²) in [6.45, 7) is 5.87. The van der Waals surface area contributed by atoms with Crippen molar-refractivity contribution in [1.29, 1.82) is 0 Å². The number of hydrogen-bond acceptors (Lipinski definition) is 9. The van der Waals surface area contributed by atoms with E-state index in [1.807, 2.05) is 25.1 Å². The van der Waals surface area contributed by atoms with Crippen molar-refractivity contribution in [3.63, 3.8) is 0 Å². The van der Waals surface area contributed by atoms with Crippen LogP contribution in [0.3, 0.4) is 0 Å². The van der Waals surface area contributed by atoms with E-state index >= 15 is 0 Å². The van der Waals surface area contributed by atoms with Crippen LogP contribution < -0.4 is 10.2 Å². The Bertz CT molecular complexity index is 927. The van der Waals surface area contributed by atoms with Crippen LogP contribution in [0.2, 0.25) is 0 Å². The molecule has 0 amide bonds. The third-order valence-electron chi connectivity index (χ3n) is 4.61. The minimum Gasteiger partial charge on any atom is -0.338 e. The fourth-order valence-corrected chi connectivity index (χ4v) is 3.67. The van der Waals surface area contributed by atoms with Crippen LogP contribution in [-0.4, -0.2) is 63.0 Å². The normalized spacial score (nSPS) is 14.8. The van der Waals surface area contributed by atoms with Crippen LogP contribution >= 0.6 is 11.8 Å². The molecule has 8 nitrogen and oxygen atoms in total. The molecule has 0 unspecified atom stereocenters. The SMILES string of the molecule is CCc1nc(Nc2cnc(Sc3ccccc3)cn2)nc(N2CCN(C)CC2)n1. The van der Waals surface area contributed by atoms with Gasteiger partial charge in [-0.25, -0.2) is 9.97 Å². The molecule has 1 saturated heterocycles. The lowest BCUT2D eigenvalue weighted by atomic mass is 10.3. The van der Waals surface area contributed by atoms with Crippen LogP contribution in [0.15, 0.2) is 52.6 Å². The van der Waals surface area contributed by atoms with E-state index in [0.29, 0.717) is 11.8 Å². The highest BCUT2D eigenvalue weighted by Crippen LogP contribution is 2.25. The Morgan fingerprint density at radius 3 is 2.45 bits per heavy atom. The summed E-state index contributed by atoms with van der Waals surface area (Å²) in [6.07, 6.45) is 4.20. The Kier molecular flexibility index (Phi) is 6.16. The third kappa shape index (κ3) is 5.18. The zero-order chi connectivity index (χ0) is 20.1. The Balaban J connectivity index is 1.47.